The van der Waals surface area contributed by atoms with Crippen LogP contribution in [0, 0.1) is 10.1 Å². The van der Waals surface area contributed by atoms with Crippen LogP contribution in [0.3, 0.4) is 0 Å². The van der Waals surface area contributed by atoms with Gasteiger partial charge in [-0.2, -0.15) is 5.10 Å². The Morgan fingerprint density at radius 2 is 1.73 bits per heavy atom. The lowest BCUT2D eigenvalue weighted by atomic mass is 10.1. The van der Waals surface area contributed by atoms with Crippen molar-refractivity contribution < 1.29 is 14.5 Å². The number of hydrogen-bond donors (Lipinski definition) is 1. The molecule has 4 rings (SSSR count). The van der Waals surface area contributed by atoms with Gasteiger partial charge >= 0.3 is 0 Å². The lowest BCUT2D eigenvalue weighted by Crippen LogP contribution is -2.27. The number of hydrogen-bond acceptors (Lipinski definition) is 5. The second-order valence-corrected chi connectivity index (χ2v) is 7.32. The lowest BCUT2D eigenvalue weighted by Gasteiger charge is -2.09. The van der Waals surface area contributed by atoms with Crippen molar-refractivity contribution in [3.8, 4) is 22.7 Å². The van der Waals surface area contributed by atoms with E-state index in [0.717, 1.165) is 5.56 Å². The van der Waals surface area contributed by atoms with Crippen molar-refractivity contribution in [1.82, 2.24) is 15.1 Å². The number of carbonyl (C=O) groups is 1. The fourth-order valence-electron chi connectivity index (χ4n) is 3.41. The molecule has 8 nitrogen and oxygen atoms in total. The minimum absolute atomic E-state index is 0.00721. The van der Waals surface area contributed by atoms with Crippen LogP contribution < -0.4 is 10.1 Å². The molecular formula is C25H22N4O4. The highest BCUT2D eigenvalue weighted by atomic mass is 16.6. The number of rotatable bonds is 8. The SMILES string of the molecule is COc1ccc(-n2nc(-c3ccc([N+](=O)[O-])cc3)cc2C(=O)NCCc2ccccc2)cc1. The molecule has 0 saturated heterocycles. The number of non-ortho nitro benzene ring substituents is 1. The number of methoxy groups -OCH3 is 1. The van der Waals surface area contributed by atoms with E-state index in [9.17, 15) is 14.9 Å². The molecule has 0 spiro atoms. The van der Waals surface area contributed by atoms with Crippen molar-refractivity contribution in [3.05, 3.63) is 106 Å². The summed E-state index contributed by atoms with van der Waals surface area (Å²) in [5.74, 6) is 0.428. The van der Waals surface area contributed by atoms with Gasteiger partial charge in [-0.25, -0.2) is 4.68 Å². The summed E-state index contributed by atoms with van der Waals surface area (Å²) in [6.45, 7) is 0.476. The highest BCUT2D eigenvalue weighted by molar-refractivity contribution is 5.94. The van der Waals surface area contributed by atoms with Gasteiger partial charge < -0.3 is 10.1 Å². The molecule has 0 radical (unpaired) electrons. The Hall–Kier alpha value is -4.46. The summed E-state index contributed by atoms with van der Waals surface area (Å²) in [6, 6.07) is 24.9. The van der Waals surface area contributed by atoms with Crippen molar-refractivity contribution in [2.45, 2.75) is 6.42 Å². The van der Waals surface area contributed by atoms with Crippen LogP contribution >= 0.6 is 0 Å². The fourth-order valence-corrected chi connectivity index (χ4v) is 3.41. The monoisotopic (exact) mass is 442 g/mol. The highest BCUT2D eigenvalue weighted by Gasteiger charge is 2.18. The largest absolute Gasteiger partial charge is 0.497 e. The van der Waals surface area contributed by atoms with E-state index in [1.807, 2.05) is 42.5 Å². The number of nitrogens with one attached hydrogen (secondary N) is 1. The summed E-state index contributed by atoms with van der Waals surface area (Å²) < 4.78 is 6.78. The summed E-state index contributed by atoms with van der Waals surface area (Å²) in [6.07, 6.45) is 0.707. The molecule has 1 aromatic heterocycles. The summed E-state index contributed by atoms with van der Waals surface area (Å²) in [5, 5.41) is 18.5. The van der Waals surface area contributed by atoms with Crippen LogP contribution in [0.2, 0.25) is 0 Å². The molecule has 1 N–H and O–H groups in total. The second-order valence-electron chi connectivity index (χ2n) is 7.32. The zero-order valence-corrected chi connectivity index (χ0v) is 18.0. The molecule has 1 heterocycles. The van der Waals surface area contributed by atoms with E-state index in [-0.39, 0.29) is 11.6 Å². The Morgan fingerprint density at radius 3 is 2.36 bits per heavy atom. The molecule has 166 valence electrons. The molecule has 3 aromatic carbocycles. The third-order valence-corrected chi connectivity index (χ3v) is 5.17. The molecule has 0 bridgehead atoms. The van der Waals surface area contributed by atoms with E-state index < -0.39 is 4.92 Å². The van der Waals surface area contributed by atoms with Gasteiger partial charge in [-0.3, -0.25) is 14.9 Å². The molecule has 0 fully saturated rings. The van der Waals surface area contributed by atoms with Gasteiger partial charge in [0.15, 0.2) is 0 Å². The summed E-state index contributed by atoms with van der Waals surface area (Å²) in [5.41, 5.74) is 3.39. The number of nitro benzene ring substituents is 1. The lowest BCUT2D eigenvalue weighted by molar-refractivity contribution is -0.384. The summed E-state index contributed by atoms with van der Waals surface area (Å²) in [7, 11) is 1.58. The maximum absolute atomic E-state index is 13.1. The standard InChI is InChI=1S/C25H22N4O4/c1-33-22-13-11-20(12-14-22)28-24(25(30)26-16-15-18-5-3-2-4-6-18)17-23(27-28)19-7-9-21(10-8-19)29(31)32/h2-14,17H,15-16H2,1H3,(H,26,30). The van der Waals surface area contributed by atoms with Crippen LogP contribution in [0.1, 0.15) is 16.1 Å². The van der Waals surface area contributed by atoms with Gasteiger partial charge in [0.05, 0.1) is 23.4 Å². The van der Waals surface area contributed by atoms with Gasteiger partial charge in [0.2, 0.25) is 0 Å². The molecular weight excluding hydrogens is 420 g/mol. The number of nitrogens with zero attached hydrogens (tertiary/aromatic N) is 3. The molecule has 4 aromatic rings. The van der Waals surface area contributed by atoms with Gasteiger partial charge in [0, 0.05) is 24.2 Å². The molecule has 0 atom stereocenters. The molecule has 1 amide bonds. The molecule has 0 saturated carbocycles. The van der Waals surface area contributed by atoms with Crippen LogP contribution in [0.5, 0.6) is 5.75 Å². The maximum Gasteiger partial charge on any atom is 0.270 e. The minimum atomic E-state index is -0.453. The third-order valence-electron chi connectivity index (χ3n) is 5.17. The van der Waals surface area contributed by atoms with Gasteiger partial charge in [0.1, 0.15) is 11.4 Å². The number of carbonyl (C=O) groups excluding carboxylic acids is 1. The van der Waals surface area contributed by atoms with E-state index in [2.05, 4.69) is 10.4 Å². The van der Waals surface area contributed by atoms with E-state index in [4.69, 9.17) is 4.74 Å². The molecule has 0 unspecified atom stereocenters. The van der Waals surface area contributed by atoms with E-state index in [1.165, 1.54) is 12.1 Å². The number of ether oxygens (including phenoxy) is 1. The first-order valence-electron chi connectivity index (χ1n) is 10.4. The van der Waals surface area contributed by atoms with Crippen molar-refractivity contribution in [1.29, 1.82) is 0 Å². The molecule has 0 aliphatic heterocycles. The zero-order chi connectivity index (χ0) is 23.2. The first kappa shape index (κ1) is 21.8. The van der Waals surface area contributed by atoms with Crippen LogP contribution in [-0.2, 0) is 6.42 Å². The van der Waals surface area contributed by atoms with Crippen molar-refractivity contribution in [2.75, 3.05) is 13.7 Å². The van der Waals surface area contributed by atoms with Gasteiger partial charge in [0.25, 0.3) is 11.6 Å². The summed E-state index contributed by atoms with van der Waals surface area (Å²) in [4.78, 5) is 23.6. The Balaban J connectivity index is 1.62. The number of nitro groups is 1. The molecule has 0 aliphatic rings. The van der Waals surface area contributed by atoms with Crippen LogP contribution in [0.15, 0.2) is 84.9 Å². The van der Waals surface area contributed by atoms with Crippen LogP contribution in [0.25, 0.3) is 16.9 Å². The van der Waals surface area contributed by atoms with Gasteiger partial charge in [-0.1, -0.05) is 30.3 Å². The van der Waals surface area contributed by atoms with Gasteiger partial charge in [-0.15, -0.1) is 0 Å². The molecule has 8 heteroatoms. The summed E-state index contributed by atoms with van der Waals surface area (Å²) >= 11 is 0. The normalized spacial score (nSPS) is 10.6. The Bertz CT molecular complexity index is 1250. The Labute approximate surface area is 190 Å². The fraction of sp³-hybridized carbons (Fsp3) is 0.120. The van der Waals surface area contributed by atoms with E-state index in [1.54, 1.807) is 42.1 Å². The quantitative estimate of drug-likeness (QED) is 0.321. The number of aromatic nitrogens is 2. The van der Waals surface area contributed by atoms with Crippen molar-refractivity contribution in [2.24, 2.45) is 0 Å². The number of benzene rings is 3. The smallest absolute Gasteiger partial charge is 0.270 e. The number of amides is 1. The van der Waals surface area contributed by atoms with Crippen LogP contribution in [-0.4, -0.2) is 34.3 Å². The Kier molecular flexibility index (Phi) is 6.45. The second kappa shape index (κ2) is 9.78. The Morgan fingerprint density at radius 1 is 1.03 bits per heavy atom. The first-order chi connectivity index (χ1) is 16.0. The topological polar surface area (TPSA) is 99.3 Å². The minimum Gasteiger partial charge on any atom is -0.497 e. The van der Waals surface area contributed by atoms with Crippen molar-refractivity contribution >= 4 is 11.6 Å². The molecule has 33 heavy (non-hydrogen) atoms. The van der Waals surface area contributed by atoms with Crippen LogP contribution in [0.4, 0.5) is 5.69 Å². The highest BCUT2D eigenvalue weighted by Crippen LogP contribution is 2.25. The maximum atomic E-state index is 13.1. The van der Waals surface area contributed by atoms with E-state index in [0.29, 0.717) is 41.4 Å². The van der Waals surface area contributed by atoms with Crippen molar-refractivity contribution in [3.63, 3.8) is 0 Å². The average Bonchev–Trinajstić information content (AvgIpc) is 3.30. The predicted octanol–water partition coefficient (Wildman–Crippen LogP) is 4.43. The average molecular weight is 442 g/mol. The van der Waals surface area contributed by atoms with Gasteiger partial charge in [-0.05, 0) is 54.4 Å². The third kappa shape index (κ3) is 5.07. The molecule has 0 aliphatic carbocycles. The zero-order valence-electron chi connectivity index (χ0n) is 18.0. The predicted molar refractivity (Wildman–Crippen MR) is 125 cm³/mol. The van der Waals surface area contributed by atoms with E-state index >= 15 is 0 Å². The first-order valence-corrected chi connectivity index (χ1v) is 10.4.